The van der Waals surface area contributed by atoms with E-state index >= 15 is 0 Å². The number of carboxylic acid groups (broad SMARTS) is 1. The summed E-state index contributed by atoms with van der Waals surface area (Å²) >= 11 is 4.98. The van der Waals surface area contributed by atoms with Gasteiger partial charge in [0.25, 0.3) is 0 Å². The molecule has 0 saturated heterocycles. The van der Waals surface area contributed by atoms with Crippen LogP contribution in [0.4, 0.5) is 0 Å². The van der Waals surface area contributed by atoms with Crippen molar-refractivity contribution < 1.29 is 14.7 Å². The number of carbonyl (C=O) groups excluding carboxylic acids is 1. The lowest BCUT2D eigenvalue weighted by molar-refractivity contribution is -0.138. The lowest BCUT2D eigenvalue weighted by Gasteiger charge is -2.15. The van der Waals surface area contributed by atoms with Gasteiger partial charge in [-0.05, 0) is 24.3 Å². The number of thioether (sulfide) groups is 1. The second-order valence-electron chi connectivity index (χ2n) is 4.01. The van der Waals surface area contributed by atoms with Gasteiger partial charge in [-0.25, -0.2) is 0 Å². The number of hydrogen-bond donors (Lipinski definition) is 1. The van der Waals surface area contributed by atoms with Crippen LogP contribution in [0.5, 0.6) is 0 Å². The minimum Gasteiger partial charge on any atom is -0.481 e. The van der Waals surface area contributed by atoms with Gasteiger partial charge in [0.15, 0.2) is 0 Å². The SMILES string of the molecule is CN(CCC(=O)O)C(=O)CCSc1ccc(Br)cc1. The van der Waals surface area contributed by atoms with Crippen molar-refractivity contribution in [3.05, 3.63) is 28.7 Å². The standard InChI is InChI=1S/C13H16BrNO3S/c1-15(8-6-13(17)18)12(16)7-9-19-11-4-2-10(14)3-5-11/h2-5H,6-9H2,1H3,(H,17,18). The molecular formula is C13H16BrNO3S. The van der Waals surface area contributed by atoms with Gasteiger partial charge in [-0.15, -0.1) is 11.8 Å². The van der Waals surface area contributed by atoms with E-state index in [-0.39, 0.29) is 18.9 Å². The van der Waals surface area contributed by atoms with Crippen LogP contribution in [0.3, 0.4) is 0 Å². The van der Waals surface area contributed by atoms with E-state index in [2.05, 4.69) is 15.9 Å². The van der Waals surface area contributed by atoms with Crippen molar-refractivity contribution in [3.8, 4) is 0 Å². The van der Waals surface area contributed by atoms with Gasteiger partial charge in [0, 0.05) is 35.1 Å². The summed E-state index contributed by atoms with van der Waals surface area (Å²) in [4.78, 5) is 24.7. The van der Waals surface area contributed by atoms with Crippen LogP contribution in [0.25, 0.3) is 0 Å². The summed E-state index contributed by atoms with van der Waals surface area (Å²) in [5.74, 6) is -0.215. The van der Waals surface area contributed by atoms with Gasteiger partial charge < -0.3 is 10.0 Å². The molecule has 1 aromatic rings. The fraction of sp³-hybridized carbons (Fsp3) is 0.385. The summed E-state index contributed by atoms with van der Waals surface area (Å²) in [6.07, 6.45) is 0.402. The Hall–Kier alpha value is -1.01. The molecular weight excluding hydrogens is 330 g/mol. The van der Waals surface area contributed by atoms with Crippen LogP contribution in [-0.2, 0) is 9.59 Å². The summed E-state index contributed by atoms with van der Waals surface area (Å²) < 4.78 is 1.03. The number of carboxylic acids is 1. The highest BCUT2D eigenvalue weighted by Crippen LogP contribution is 2.21. The van der Waals surface area contributed by atoms with Gasteiger partial charge in [0.2, 0.25) is 5.91 Å². The van der Waals surface area contributed by atoms with E-state index in [0.717, 1.165) is 9.37 Å². The average Bonchev–Trinajstić information content (AvgIpc) is 2.38. The van der Waals surface area contributed by atoms with Gasteiger partial charge in [-0.3, -0.25) is 9.59 Å². The van der Waals surface area contributed by atoms with Crippen molar-refractivity contribution >= 4 is 39.6 Å². The van der Waals surface area contributed by atoms with Crippen LogP contribution in [0.15, 0.2) is 33.6 Å². The largest absolute Gasteiger partial charge is 0.481 e. The highest BCUT2D eigenvalue weighted by Gasteiger charge is 2.10. The highest BCUT2D eigenvalue weighted by atomic mass is 79.9. The molecule has 0 heterocycles. The van der Waals surface area contributed by atoms with Crippen LogP contribution in [0.2, 0.25) is 0 Å². The van der Waals surface area contributed by atoms with Crippen molar-refractivity contribution in [3.63, 3.8) is 0 Å². The molecule has 19 heavy (non-hydrogen) atoms. The molecule has 1 amide bonds. The van der Waals surface area contributed by atoms with Gasteiger partial charge in [0.05, 0.1) is 6.42 Å². The maximum absolute atomic E-state index is 11.7. The maximum atomic E-state index is 11.7. The van der Waals surface area contributed by atoms with E-state index in [1.54, 1.807) is 18.8 Å². The summed E-state index contributed by atoms with van der Waals surface area (Å²) in [6, 6.07) is 7.91. The van der Waals surface area contributed by atoms with Gasteiger partial charge in [-0.1, -0.05) is 15.9 Å². The quantitative estimate of drug-likeness (QED) is 0.772. The normalized spacial score (nSPS) is 10.2. The third-order valence-corrected chi connectivity index (χ3v) is 4.03. The Kier molecular flexibility index (Phi) is 6.94. The number of aliphatic carboxylic acids is 1. The van der Waals surface area contributed by atoms with Crippen LogP contribution in [0.1, 0.15) is 12.8 Å². The molecule has 0 aliphatic heterocycles. The van der Waals surface area contributed by atoms with E-state index in [9.17, 15) is 9.59 Å². The number of carbonyl (C=O) groups is 2. The number of hydrogen-bond acceptors (Lipinski definition) is 3. The summed E-state index contributed by atoms with van der Waals surface area (Å²) in [5, 5.41) is 8.55. The first-order chi connectivity index (χ1) is 8.99. The fourth-order valence-electron chi connectivity index (χ4n) is 1.37. The number of halogens is 1. The van der Waals surface area contributed by atoms with E-state index in [1.807, 2.05) is 24.3 Å². The molecule has 4 nitrogen and oxygen atoms in total. The Bertz CT molecular complexity index is 436. The molecule has 0 aromatic heterocycles. The van der Waals surface area contributed by atoms with Crippen molar-refractivity contribution in [1.82, 2.24) is 4.90 Å². The van der Waals surface area contributed by atoms with E-state index in [1.165, 1.54) is 4.90 Å². The lowest BCUT2D eigenvalue weighted by Crippen LogP contribution is -2.29. The molecule has 1 aromatic carbocycles. The molecule has 0 aliphatic rings. The first-order valence-corrected chi connectivity index (χ1v) is 7.61. The van der Waals surface area contributed by atoms with Crippen LogP contribution in [0, 0.1) is 0 Å². The predicted molar refractivity (Wildman–Crippen MR) is 79.4 cm³/mol. The second-order valence-corrected chi connectivity index (χ2v) is 6.10. The Balaban J connectivity index is 2.26. The molecule has 0 bridgehead atoms. The van der Waals surface area contributed by atoms with Gasteiger partial charge in [-0.2, -0.15) is 0 Å². The van der Waals surface area contributed by atoms with Crippen molar-refractivity contribution in [1.29, 1.82) is 0 Å². The second kappa shape index (κ2) is 8.22. The first-order valence-electron chi connectivity index (χ1n) is 5.83. The maximum Gasteiger partial charge on any atom is 0.305 e. The molecule has 6 heteroatoms. The number of amides is 1. The lowest BCUT2D eigenvalue weighted by atomic mass is 10.3. The topological polar surface area (TPSA) is 57.6 Å². The number of rotatable bonds is 7. The first kappa shape index (κ1) is 16.0. The summed E-state index contributed by atoms with van der Waals surface area (Å²) in [6.45, 7) is 0.261. The van der Waals surface area contributed by atoms with Crippen molar-refractivity contribution in [2.24, 2.45) is 0 Å². The molecule has 0 saturated carbocycles. The van der Waals surface area contributed by atoms with E-state index in [0.29, 0.717) is 12.2 Å². The van der Waals surface area contributed by atoms with E-state index in [4.69, 9.17) is 5.11 Å². The molecule has 0 aliphatic carbocycles. The molecule has 1 rings (SSSR count). The number of benzene rings is 1. The van der Waals surface area contributed by atoms with Crippen LogP contribution in [-0.4, -0.2) is 41.2 Å². The molecule has 0 unspecified atom stereocenters. The van der Waals surface area contributed by atoms with Crippen LogP contribution >= 0.6 is 27.7 Å². The van der Waals surface area contributed by atoms with Gasteiger partial charge >= 0.3 is 5.97 Å². The Morgan fingerprint density at radius 2 is 1.89 bits per heavy atom. The Morgan fingerprint density at radius 3 is 2.47 bits per heavy atom. The molecule has 0 fully saturated rings. The molecule has 0 radical (unpaired) electrons. The van der Waals surface area contributed by atoms with E-state index < -0.39 is 5.97 Å². The molecule has 0 spiro atoms. The summed E-state index contributed by atoms with van der Waals surface area (Å²) in [7, 11) is 1.63. The predicted octanol–water partition coefficient (Wildman–Crippen LogP) is 2.86. The van der Waals surface area contributed by atoms with Crippen LogP contribution < -0.4 is 0 Å². The summed E-state index contributed by atoms with van der Waals surface area (Å²) in [5.41, 5.74) is 0. The molecule has 0 atom stereocenters. The molecule has 104 valence electrons. The zero-order chi connectivity index (χ0) is 14.3. The third kappa shape index (κ3) is 6.63. The number of nitrogens with zero attached hydrogens (tertiary/aromatic N) is 1. The zero-order valence-corrected chi connectivity index (χ0v) is 13.0. The highest BCUT2D eigenvalue weighted by molar-refractivity contribution is 9.10. The smallest absolute Gasteiger partial charge is 0.305 e. The minimum atomic E-state index is -0.885. The fourth-order valence-corrected chi connectivity index (χ4v) is 2.47. The molecule has 1 N–H and O–H groups in total. The zero-order valence-electron chi connectivity index (χ0n) is 10.6. The average molecular weight is 346 g/mol. The van der Waals surface area contributed by atoms with Crippen molar-refractivity contribution in [2.45, 2.75) is 17.7 Å². The Labute approximate surface area is 125 Å². The minimum absolute atomic E-state index is 0.0118. The third-order valence-electron chi connectivity index (χ3n) is 2.49. The van der Waals surface area contributed by atoms with Gasteiger partial charge in [0.1, 0.15) is 0 Å². The Morgan fingerprint density at radius 1 is 1.26 bits per heavy atom. The van der Waals surface area contributed by atoms with Crippen molar-refractivity contribution in [2.75, 3.05) is 19.3 Å². The monoisotopic (exact) mass is 345 g/mol.